The summed E-state index contributed by atoms with van der Waals surface area (Å²) >= 11 is 0. The maximum absolute atomic E-state index is 5.53. The highest BCUT2D eigenvalue weighted by Crippen LogP contribution is 2.16. The maximum atomic E-state index is 5.53. The quantitative estimate of drug-likeness (QED) is 0.742. The fourth-order valence-electron chi connectivity index (χ4n) is 1.34. The van der Waals surface area contributed by atoms with Crippen molar-refractivity contribution in [3.05, 3.63) is 30.3 Å². The molecule has 3 N–H and O–H groups in total. The maximum Gasteiger partial charge on any atom is 0.0344 e. The van der Waals surface area contributed by atoms with Gasteiger partial charge in [0.2, 0.25) is 0 Å². The van der Waals surface area contributed by atoms with Gasteiger partial charge in [-0.3, -0.25) is 0 Å². The number of nitrogens with two attached hydrogens (primary N) is 1. The van der Waals surface area contributed by atoms with Crippen LogP contribution in [0.1, 0.15) is 20.3 Å². The molecule has 2 heteroatoms. The van der Waals surface area contributed by atoms with E-state index in [0.717, 1.165) is 12.1 Å². The third-order valence-corrected chi connectivity index (χ3v) is 2.03. The Kier molecular flexibility index (Phi) is 3.32. The Morgan fingerprint density at radius 1 is 1.23 bits per heavy atom. The lowest BCUT2D eigenvalue weighted by Crippen LogP contribution is -2.33. The number of benzene rings is 1. The van der Waals surface area contributed by atoms with Gasteiger partial charge in [0.05, 0.1) is 0 Å². The van der Waals surface area contributed by atoms with E-state index < -0.39 is 0 Å². The standard InChI is InChI=1S/C11H18N2/c1-11(2,8-9-12)13-10-6-4-3-5-7-10/h3-7,13H,8-9,12H2,1-2H3. The minimum Gasteiger partial charge on any atom is -0.380 e. The van der Waals surface area contributed by atoms with Crippen LogP contribution in [0.25, 0.3) is 0 Å². The molecule has 0 aliphatic carbocycles. The first kappa shape index (κ1) is 10.1. The minimum atomic E-state index is 0.0795. The van der Waals surface area contributed by atoms with Crippen LogP contribution in [0.2, 0.25) is 0 Å². The van der Waals surface area contributed by atoms with Gasteiger partial charge in [-0.15, -0.1) is 0 Å². The summed E-state index contributed by atoms with van der Waals surface area (Å²) in [6.45, 7) is 5.03. The van der Waals surface area contributed by atoms with Crippen molar-refractivity contribution in [2.24, 2.45) is 5.73 Å². The Labute approximate surface area is 80.1 Å². The van der Waals surface area contributed by atoms with E-state index in [1.165, 1.54) is 0 Å². The van der Waals surface area contributed by atoms with Crippen LogP contribution >= 0.6 is 0 Å². The zero-order valence-corrected chi connectivity index (χ0v) is 8.38. The first-order valence-corrected chi connectivity index (χ1v) is 4.67. The molecular weight excluding hydrogens is 160 g/mol. The van der Waals surface area contributed by atoms with Gasteiger partial charge in [0, 0.05) is 11.2 Å². The van der Waals surface area contributed by atoms with Crippen molar-refractivity contribution < 1.29 is 0 Å². The summed E-state index contributed by atoms with van der Waals surface area (Å²) in [6.07, 6.45) is 0.974. The molecule has 0 radical (unpaired) electrons. The second kappa shape index (κ2) is 4.28. The molecule has 0 bridgehead atoms. The van der Waals surface area contributed by atoms with Crippen molar-refractivity contribution in [3.8, 4) is 0 Å². The molecule has 0 aliphatic heterocycles. The zero-order valence-electron chi connectivity index (χ0n) is 8.38. The van der Waals surface area contributed by atoms with Crippen LogP contribution in [0.3, 0.4) is 0 Å². The molecule has 0 atom stereocenters. The average Bonchev–Trinajstić information content (AvgIpc) is 2.04. The van der Waals surface area contributed by atoms with Gasteiger partial charge in [0.25, 0.3) is 0 Å². The number of hydrogen-bond acceptors (Lipinski definition) is 2. The highest BCUT2D eigenvalue weighted by Gasteiger charge is 2.15. The zero-order chi connectivity index (χ0) is 9.73. The molecule has 1 aromatic rings. The molecule has 0 amide bonds. The number of nitrogens with one attached hydrogen (secondary N) is 1. The van der Waals surface area contributed by atoms with Gasteiger partial charge >= 0.3 is 0 Å². The monoisotopic (exact) mass is 178 g/mol. The fraction of sp³-hybridized carbons (Fsp3) is 0.455. The molecule has 0 fully saturated rings. The number of anilines is 1. The minimum absolute atomic E-state index is 0.0795. The lowest BCUT2D eigenvalue weighted by Gasteiger charge is -2.26. The summed E-state index contributed by atoms with van der Waals surface area (Å²) in [5, 5.41) is 3.44. The molecule has 1 rings (SSSR count). The van der Waals surface area contributed by atoms with Gasteiger partial charge in [-0.2, -0.15) is 0 Å². The Balaban J connectivity index is 2.58. The van der Waals surface area contributed by atoms with Crippen molar-refractivity contribution in [1.82, 2.24) is 0 Å². The Bertz CT molecular complexity index is 242. The first-order chi connectivity index (χ1) is 6.14. The summed E-state index contributed by atoms with van der Waals surface area (Å²) in [4.78, 5) is 0. The van der Waals surface area contributed by atoms with Crippen LogP contribution in [0.15, 0.2) is 30.3 Å². The highest BCUT2D eigenvalue weighted by molar-refractivity contribution is 5.44. The van der Waals surface area contributed by atoms with Crippen molar-refractivity contribution in [1.29, 1.82) is 0 Å². The molecule has 0 aliphatic rings. The molecule has 0 spiro atoms. The van der Waals surface area contributed by atoms with E-state index in [1.54, 1.807) is 0 Å². The van der Waals surface area contributed by atoms with E-state index >= 15 is 0 Å². The number of rotatable bonds is 4. The van der Waals surface area contributed by atoms with Crippen molar-refractivity contribution in [3.63, 3.8) is 0 Å². The normalized spacial score (nSPS) is 11.3. The number of para-hydroxylation sites is 1. The third-order valence-electron chi connectivity index (χ3n) is 2.03. The summed E-state index contributed by atoms with van der Waals surface area (Å²) in [7, 11) is 0. The summed E-state index contributed by atoms with van der Waals surface area (Å²) in [5.41, 5.74) is 6.76. The number of hydrogen-bond donors (Lipinski definition) is 2. The van der Waals surface area contributed by atoms with Crippen LogP contribution in [0, 0.1) is 0 Å². The Morgan fingerprint density at radius 2 is 1.85 bits per heavy atom. The molecule has 13 heavy (non-hydrogen) atoms. The molecule has 0 unspecified atom stereocenters. The van der Waals surface area contributed by atoms with Gasteiger partial charge in [0.1, 0.15) is 0 Å². The first-order valence-electron chi connectivity index (χ1n) is 4.67. The van der Waals surface area contributed by atoms with Crippen molar-refractivity contribution in [2.75, 3.05) is 11.9 Å². The molecule has 0 aromatic heterocycles. The van der Waals surface area contributed by atoms with Crippen LogP contribution in [0.5, 0.6) is 0 Å². The van der Waals surface area contributed by atoms with Gasteiger partial charge in [0.15, 0.2) is 0 Å². The van der Waals surface area contributed by atoms with Crippen molar-refractivity contribution in [2.45, 2.75) is 25.8 Å². The molecule has 2 nitrogen and oxygen atoms in total. The largest absolute Gasteiger partial charge is 0.380 e. The lowest BCUT2D eigenvalue weighted by molar-refractivity contribution is 0.526. The second-order valence-corrected chi connectivity index (χ2v) is 3.91. The molecule has 1 aromatic carbocycles. The van der Waals surface area contributed by atoms with Crippen molar-refractivity contribution >= 4 is 5.69 Å². The van der Waals surface area contributed by atoms with Crippen LogP contribution in [-0.2, 0) is 0 Å². The van der Waals surface area contributed by atoms with Gasteiger partial charge in [-0.05, 0) is 38.9 Å². The van der Waals surface area contributed by atoms with Crippen LogP contribution in [0.4, 0.5) is 5.69 Å². The molecule has 0 saturated carbocycles. The van der Waals surface area contributed by atoms with Crippen LogP contribution < -0.4 is 11.1 Å². The highest BCUT2D eigenvalue weighted by atomic mass is 15.0. The predicted molar refractivity (Wildman–Crippen MR) is 57.8 cm³/mol. The summed E-state index contributed by atoms with van der Waals surface area (Å²) in [6, 6.07) is 10.2. The van der Waals surface area contributed by atoms with E-state index in [4.69, 9.17) is 5.73 Å². The van der Waals surface area contributed by atoms with E-state index in [-0.39, 0.29) is 5.54 Å². The third kappa shape index (κ3) is 3.47. The van der Waals surface area contributed by atoms with Gasteiger partial charge < -0.3 is 11.1 Å². The molecule has 0 heterocycles. The molecular formula is C11H18N2. The van der Waals surface area contributed by atoms with Gasteiger partial charge in [-0.1, -0.05) is 18.2 Å². The fourth-order valence-corrected chi connectivity index (χ4v) is 1.34. The SMILES string of the molecule is CC(C)(CCN)Nc1ccccc1. The molecule has 72 valence electrons. The van der Waals surface area contributed by atoms with E-state index in [2.05, 4.69) is 31.3 Å². The average molecular weight is 178 g/mol. The van der Waals surface area contributed by atoms with E-state index in [0.29, 0.717) is 6.54 Å². The van der Waals surface area contributed by atoms with Gasteiger partial charge in [-0.25, -0.2) is 0 Å². The Morgan fingerprint density at radius 3 is 2.38 bits per heavy atom. The Hall–Kier alpha value is -1.02. The lowest BCUT2D eigenvalue weighted by atomic mass is 10.0. The predicted octanol–water partition coefficient (Wildman–Crippen LogP) is 2.23. The summed E-state index contributed by atoms with van der Waals surface area (Å²) in [5.74, 6) is 0. The van der Waals surface area contributed by atoms with E-state index in [9.17, 15) is 0 Å². The molecule has 0 saturated heterocycles. The smallest absolute Gasteiger partial charge is 0.0344 e. The topological polar surface area (TPSA) is 38.0 Å². The second-order valence-electron chi connectivity index (χ2n) is 3.91. The van der Waals surface area contributed by atoms with E-state index in [1.807, 2.05) is 18.2 Å². The summed E-state index contributed by atoms with van der Waals surface area (Å²) < 4.78 is 0. The van der Waals surface area contributed by atoms with Crippen LogP contribution in [-0.4, -0.2) is 12.1 Å².